The number of benzene rings is 4. The van der Waals surface area contributed by atoms with Crippen LogP contribution in [0.4, 0.5) is 0 Å². The van der Waals surface area contributed by atoms with Crippen molar-refractivity contribution in [1.29, 1.82) is 0 Å². The Morgan fingerprint density at radius 1 is 0.364 bits per heavy atom. The Hall–Kier alpha value is -2.97. The second-order valence-corrected chi connectivity index (χ2v) is 16.5. The zero-order valence-corrected chi connectivity index (χ0v) is 35.7. The quantitative estimate of drug-likeness (QED) is 0.0428. The molecule has 0 unspecified atom stereocenters. The monoisotopic (exact) mass is 765 g/mol. The molecule has 4 rings (SSSR count). The zero-order chi connectivity index (χ0) is 38.9. The average molecular weight is 765 g/mol. The zero-order valence-electron chi connectivity index (χ0n) is 34.8. The molecule has 0 heterocycles. The summed E-state index contributed by atoms with van der Waals surface area (Å²) in [5.41, 5.74) is 11.0. The van der Waals surface area contributed by atoms with Gasteiger partial charge < -0.3 is 14.3 Å². The molecule has 0 aromatic heterocycles. The van der Waals surface area contributed by atoms with E-state index in [2.05, 4.69) is 99.6 Å². The van der Waals surface area contributed by atoms with Crippen molar-refractivity contribution in [2.24, 2.45) is 0 Å². The third-order valence-electron chi connectivity index (χ3n) is 11.4. The summed E-state index contributed by atoms with van der Waals surface area (Å²) >= 11 is 0. The fraction of sp³-hybridized carbons (Fsp3) is 0.529. The van der Waals surface area contributed by atoms with Gasteiger partial charge in [-0.05, 0) is 83.5 Å². The van der Waals surface area contributed by atoms with E-state index in [0.29, 0.717) is 5.75 Å². The lowest BCUT2D eigenvalue weighted by atomic mass is 9.81. The molecule has 0 saturated heterocycles. The van der Waals surface area contributed by atoms with E-state index in [-0.39, 0.29) is 0 Å². The van der Waals surface area contributed by atoms with Crippen LogP contribution in [0, 0.1) is 0 Å². The van der Waals surface area contributed by atoms with E-state index in [1.165, 1.54) is 155 Å². The average Bonchev–Trinajstić information content (AvgIpc) is 3.20. The van der Waals surface area contributed by atoms with Crippen LogP contribution in [0.5, 0.6) is 5.75 Å². The van der Waals surface area contributed by atoms with Gasteiger partial charge in [-0.3, -0.25) is 0 Å². The van der Waals surface area contributed by atoms with Crippen molar-refractivity contribution in [3.63, 3.8) is 0 Å². The third kappa shape index (κ3) is 15.1. The van der Waals surface area contributed by atoms with Crippen LogP contribution in [0.15, 0.2) is 84.9 Å². The van der Waals surface area contributed by atoms with Crippen LogP contribution in [0.1, 0.15) is 172 Å². The largest absolute Gasteiger partial charge is 0.426 e. The van der Waals surface area contributed by atoms with Crippen LogP contribution >= 0.6 is 8.60 Å². The Balaban J connectivity index is 1.80. The molecule has 0 amide bonds. The molecule has 0 aliphatic carbocycles. The van der Waals surface area contributed by atoms with E-state index in [0.717, 1.165) is 48.8 Å². The van der Waals surface area contributed by atoms with Gasteiger partial charge in [0, 0.05) is 11.1 Å². The smallest absolute Gasteiger partial charge is 0.391 e. The summed E-state index contributed by atoms with van der Waals surface area (Å²) in [6.07, 6.45) is 29.9. The Morgan fingerprint density at radius 3 is 1.13 bits per heavy atom. The molecule has 0 fully saturated rings. The topological polar surface area (TPSA) is 49.7 Å². The summed E-state index contributed by atoms with van der Waals surface area (Å²) in [4.78, 5) is 20.7. The van der Waals surface area contributed by atoms with Gasteiger partial charge in [0.2, 0.25) is 0 Å². The minimum Gasteiger partial charge on any atom is -0.426 e. The number of hydrogen-bond donors (Lipinski definition) is 2. The van der Waals surface area contributed by atoms with Gasteiger partial charge in [0.15, 0.2) is 0 Å². The second kappa shape index (κ2) is 26.8. The maximum atomic E-state index is 10.4. The number of unbranched alkanes of at least 4 members (excludes halogenated alkanes) is 18. The SMILES string of the molecule is CCCCCCCCCc1ccccc1-c1ccc(OP(O)O)c(-c2ccccc2CCCCCCCCC)c1-c1ccccc1CCCCCCCCC. The normalized spacial score (nSPS) is 11.5. The highest BCUT2D eigenvalue weighted by atomic mass is 31.2. The van der Waals surface area contributed by atoms with Crippen LogP contribution in [0.3, 0.4) is 0 Å². The van der Waals surface area contributed by atoms with Gasteiger partial charge in [-0.1, -0.05) is 215 Å². The molecule has 4 heteroatoms. The third-order valence-corrected chi connectivity index (χ3v) is 11.7. The number of rotatable bonds is 29. The fourth-order valence-electron chi connectivity index (χ4n) is 8.30. The van der Waals surface area contributed by atoms with E-state index in [4.69, 9.17) is 4.52 Å². The van der Waals surface area contributed by atoms with Gasteiger partial charge >= 0.3 is 8.60 Å². The van der Waals surface area contributed by atoms with Crippen molar-refractivity contribution < 1.29 is 14.3 Å². The summed E-state index contributed by atoms with van der Waals surface area (Å²) < 4.78 is 6.00. The van der Waals surface area contributed by atoms with Crippen molar-refractivity contribution >= 4 is 8.60 Å². The van der Waals surface area contributed by atoms with E-state index >= 15 is 0 Å². The van der Waals surface area contributed by atoms with Gasteiger partial charge in [0.1, 0.15) is 5.75 Å². The van der Waals surface area contributed by atoms with Crippen LogP contribution in [-0.4, -0.2) is 9.79 Å². The second-order valence-electron chi connectivity index (χ2n) is 15.8. The Bertz CT molecular complexity index is 1630. The first-order valence-corrected chi connectivity index (χ1v) is 23.5. The Morgan fingerprint density at radius 2 is 0.709 bits per heavy atom. The van der Waals surface area contributed by atoms with Gasteiger partial charge in [-0.2, -0.15) is 0 Å². The van der Waals surface area contributed by atoms with Crippen molar-refractivity contribution in [3.05, 3.63) is 102 Å². The lowest BCUT2D eigenvalue weighted by Crippen LogP contribution is -2.02. The van der Waals surface area contributed by atoms with Gasteiger partial charge in [-0.15, -0.1) is 0 Å². The van der Waals surface area contributed by atoms with Crippen LogP contribution in [0.2, 0.25) is 0 Å². The van der Waals surface area contributed by atoms with E-state index in [1.54, 1.807) is 0 Å². The minimum atomic E-state index is -2.61. The summed E-state index contributed by atoms with van der Waals surface area (Å²) in [7, 11) is -2.61. The highest BCUT2D eigenvalue weighted by Gasteiger charge is 2.24. The first kappa shape index (κ1) is 44.7. The van der Waals surface area contributed by atoms with E-state index in [9.17, 15) is 9.79 Å². The fourth-order valence-corrected chi connectivity index (χ4v) is 8.63. The molecule has 2 N–H and O–H groups in total. The number of aryl methyl sites for hydroxylation is 3. The predicted octanol–water partition coefficient (Wildman–Crippen LogP) is 16.2. The summed E-state index contributed by atoms with van der Waals surface area (Å²) in [5.74, 6) is 0.539. The summed E-state index contributed by atoms with van der Waals surface area (Å²) in [5, 5.41) is 0. The lowest BCUT2D eigenvalue weighted by molar-refractivity contribution is 0.375. The van der Waals surface area contributed by atoms with Gasteiger partial charge in [0.25, 0.3) is 0 Å². The molecule has 0 bridgehead atoms. The summed E-state index contributed by atoms with van der Waals surface area (Å²) in [6.45, 7) is 6.84. The summed E-state index contributed by atoms with van der Waals surface area (Å²) in [6, 6.07) is 30.9. The molecule has 300 valence electrons. The molecule has 0 radical (unpaired) electrons. The maximum Gasteiger partial charge on any atom is 0.391 e. The molecule has 3 nitrogen and oxygen atoms in total. The van der Waals surface area contributed by atoms with E-state index in [1.807, 2.05) is 6.07 Å². The highest BCUT2D eigenvalue weighted by Crippen LogP contribution is 2.50. The minimum absolute atomic E-state index is 0.539. The highest BCUT2D eigenvalue weighted by molar-refractivity contribution is 7.39. The Kier molecular flexibility index (Phi) is 21.8. The van der Waals surface area contributed by atoms with Crippen LogP contribution < -0.4 is 4.52 Å². The first-order valence-electron chi connectivity index (χ1n) is 22.4. The van der Waals surface area contributed by atoms with Crippen molar-refractivity contribution in [1.82, 2.24) is 0 Å². The van der Waals surface area contributed by atoms with Crippen LogP contribution in [0.25, 0.3) is 33.4 Å². The maximum absolute atomic E-state index is 10.4. The van der Waals surface area contributed by atoms with Crippen molar-refractivity contribution in [3.8, 4) is 39.1 Å². The van der Waals surface area contributed by atoms with E-state index < -0.39 is 8.60 Å². The molecule has 0 spiro atoms. The molecule has 4 aromatic carbocycles. The first-order chi connectivity index (χ1) is 27.1. The molecule has 55 heavy (non-hydrogen) atoms. The van der Waals surface area contributed by atoms with Gasteiger partial charge in [-0.25, -0.2) is 0 Å². The number of hydrogen-bond acceptors (Lipinski definition) is 3. The molecule has 0 saturated carbocycles. The van der Waals surface area contributed by atoms with Crippen molar-refractivity contribution in [2.45, 2.75) is 175 Å². The van der Waals surface area contributed by atoms with Crippen LogP contribution in [-0.2, 0) is 19.3 Å². The standard InChI is InChI=1S/C51H73O3P/c1-4-7-10-13-16-19-22-31-42-34-25-28-37-45(42)48-40-41-49(54-55(52)53)51(47-39-30-27-36-44(47)33-24-21-18-15-12-9-6-3)50(48)46-38-29-26-35-43(46)32-23-20-17-14-11-8-5-2/h25-30,34-41,52-53H,4-24,31-33H2,1-3H3. The molecule has 0 atom stereocenters. The molecular weight excluding hydrogens is 692 g/mol. The molecule has 0 aliphatic rings. The molecule has 4 aromatic rings. The lowest BCUT2D eigenvalue weighted by Gasteiger charge is -2.24. The Labute approximate surface area is 337 Å². The predicted molar refractivity (Wildman–Crippen MR) is 240 cm³/mol. The molecule has 0 aliphatic heterocycles. The van der Waals surface area contributed by atoms with Gasteiger partial charge in [0.05, 0.1) is 0 Å². The van der Waals surface area contributed by atoms with Crippen molar-refractivity contribution in [2.75, 3.05) is 0 Å². The molecular formula is C51H73O3P.